The van der Waals surface area contributed by atoms with E-state index in [0.717, 1.165) is 11.1 Å². The number of allylic oxidation sites excluding steroid dienone is 1. The summed E-state index contributed by atoms with van der Waals surface area (Å²) in [6, 6.07) is 20.2. The van der Waals surface area contributed by atoms with Crippen molar-refractivity contribution in [2.45, 2.75) is 62.8 Å². The van der Waals surface area contributed by atoms with Crippen LogP contribution < -0.4 is 4.74 Å². The summed E-state index contributed by atoms with van der Waals surface area (Å²) in [4.78, 5) is 25.7. The van der Waals surface area contributed by atoms with Crippen LogP contribution in [0.25, 0.3) is 6.08 Å². The number of carbonyl (C=O) groups is 2. The summed E-state index contributed by atoms with van der Waals surface area (Å²) in [5.74, 6) is -3.99. The molecule has 3 aromatic rings. The second kappa shape index (κ2) is 11.4. The van der Waals surface area contributed by atoms with E-state index in [0.29, 0.717) is 32.1 Å². The maximum absolute atomic E-state index is 13.2. The van der Waals surface area contributed by atoms with Crippen molar-refractivity contribution in [2.75, 3.05) is 0 Å². The predicted molar refractivity (Wildman–Crippen MR) is 146 cm³/mol. The van der Waals surface area contributed by atoms with Crippen LogP contribution >= 0.6 is 0 Å². The Balaban J connectivity index is 1.51. The van der Waals surface area contributed by atoms with Crippen molar-refractivity contribution in [1.29, 1.82) is 0 Å². The van der Waals surface area contributed by atoms with E-state index in [1.165, 1.54) is 12.1 Å². The third kappa shape index (κ3) is 6.21. The summed E-state index contributed by atoms with van der Waals surface area (Å²) in [5.41, 5.74) is 1.80. The van der Waals surface area contributed by atoms with Gasteiger partial charge in [0.15, 0.2) is 11.6 Å². The number of ether oxygens (including phenoxy) is 2. The highest BCUT2D eigenvalue weighted by molar-refractivity contribution is 6.11. The molecule has 3 N–H and O–H groups in total. The van der Waals surface area contributed by atoms with Gasteiger partial charge in [-0.3, -0.25) is 9.59 Å². The van der Waals surface area contributed by atoms with Gasteiger partial charge in [0.1, 0.15) is 22.8 Å². The zero-order chi connectivity index (χ0) is 27.4. The molecule has 0 spiro atoms. The molecule has 0 aliphatic carbocycles. The second-order valence-electron chi connectivity index (χ2n) is 10.3. The molecule has 0 amide bonds. The van der Waals surface area contributed by atoms with Crippen LogP contribution in [0.1, 0.15) is 71.5 Å². The van der Waals surface area contributed by atoms with Crippen LogP contribution in [0.2, 0.25) is 0 Å². The summed E-state index contributed by atoms with van der Waals surface area (Å²) < 4.78 is 11.7. The zero-order valence-corrected chi connectivity index (χ0v) is 21.6. The molecule has 2 heterocycles. The Morgan fingerprint density at radius 2 is 1.77 bits per heavy atom. The fourth-order valence-electron chi connectivity index (χ4n) is 5.57. The van der Waals surface area contributed by atoms with Crippen molar-refractivity contribution in [3.63, 3.8) is 0 Å². The Morgan fingerprint density at radius 3 is 2.51 bits per heavy atom. The fourth-order valence-corrected chi connectivity index (χ4v) is 5.57. The van der Waals surface area contributed by atoms with Crippen LogP contribution in [0, 0.1) is 0 Å². The topological polar surface area (TPSA) is 113 Å². The van der Waals surface area contributed by atoms with E-state index in [1.807, 2.05) is 60.7 Å². The number of aliphatic hydroxyl groups is 1. The maximum atomic E-state index is 13.2. The molecule has 2 bridgehead atoms. The third-order valence-corrected chi connectivity index (χ3v) is 7.44. The first kappa shape index (κ1) is 26.7. The summed E-state index contributed by atoms with van der Waals surface area (Å²) in [6.07, 6.45) is 5.22. The number of hydrogen-bond acceptors (Lipinski definition) is 7. The number of benzene rings is 3. The van der Waals surface area contributed by atoms with E-state index in [1.54, 1.807) is 6.08 Å². The van der Waals surface area contributed by atoms with E-state index in [9.17, 15) is 24.9 Å². The molecule has 2 aliphatic rings. The van der Waals surface area contributed by atoms with Gasteiger partial charge in [0.25, 0.3) is 0 Å². The normalized spacial score (nSPS) is 23.2. The van der Waals surface area contributed by atoms with Gasteiger partial charge in [0.05, 0.1) is 6.10 Å². The van der Waals surface area contributed by atoms with Gasteiger partial charge in [-0.2, -0.15) is 0 Å². The van der Waals surface area contributed by atoms with Crippen molar-refractivity contribution < 1.29 is 34.4 Å². The van der Waals surface area contributed by atoms with Crippen molar-refractivity contribution >= 4 is 17.8 Å². The van der Waals surface area contributed by atoms with E-state index in [4.69, 9.17) is 9.47 Å². The van der Waals surface area contributed by atoms with E-state index in [-0.39, 0.29) is 35.8 Å². The molecule has 1 saturated heterocycles. The molecule has 7 nitrogen and oxygen atoms in total. The molecule has 0 radical (unpaired) electrons. The quantitative estimate of drug-likeness (QED) is 0.164. The zero-order valence-electron chi connectivity index (χ0n) is 21.6. The third-order valence-electron chi connectivity index (χ3n) is 7.44. The Hall–Kier alpha value is -3.94. The van der Waals surface area contributed by atoms with Crippen molar-refractivity contribution in [3.8, 4) is 17.2 Å². The van der Waals surface area contributed by atoms with E-state index < -0.39 is 35.0 Å². The summed E-state index contributed by atoms with van der Waals surface area (Å²) in [6.45, 7) is 0. The number of ketones is 1. The molecule has 0 unspecified atom stereocenters. The number of carbonyl (C=O) groups excluding carboxylic acids is 2. The highest BCUT2D eigenvalue weighted by Crippen LogP contribution is 2.50. The number of aromatic hydroxyl groups is 2. The molecular formula is C32H32O7. The number of phenolic OH excluding ortho intramolecular Hbond substituents is 2. The largest absolute Gasteiger partial charge is 0.507 e. The van der Waals surface area contributed by atoms with Gasteiger partial charge < -0.3 is 24.8 Å². The lowest BCUT2D eigenvalue weighted by Gasteiger charge is -2.42. The van der Waals surface area contributed by atoms with Crippen molar-refractivity contribution in [3.05, 3.63) is 95.1 Å². The van der Waals surface area contributed by atoms with Gasteiger partial charge >= 0.3 is 5.97 Å². The number of aryl methyl sites for hydroxylation is 1. The molecule has 7 heteroatoms. The number of phenols is 2. The molecule has 0 aromatic heterocycles. The molecule has 5 rings (SSSR count). The molecule has 1 fully saturated rings. The summed E-state index contributed by atoms with van der Waals surface area (Å²) in [5, 5.41) is 33.7. The average Bonchev–Trinajstić information content (AvgIpc) is 2.91. The van der Waals surface area contributed by atoms with Crippen LogP contribution in [0.3, 0.4) is 0 Å². The molecule has 2 aliphatic heterocycles. The van der Waals surface area contributed by atoms with Crippen molar-refractivity contribution in [2.24, 2.45) is 0 Å². The van der Waals surface area contributed by atoms with Gasteiger partial charge in [-0.25, -0.2) is 0 Å². The Morgan fingerprint density at radius 1 is 1.05 bits per heavy atom. The Bertz CT molecular complexity index is 1370. The van der Waals surface area contributed by atoms with Gasteiger partial charge in [0, 0.05) is 30.9 Å². The predicted octanol–water partition coefficient (Wildman–Crippen LogP) is 5.67. The number of hydrogen-bond donors (Lipinski definition) is 3. The lowest BCUT2D eigenvalue weighted by molar-refractivity contribution is -0.262. The van der Waals surface area contributed by atoms with Gasteiger partial charge in [-0.15, -0.1) is 0 Å². The summed E-state index contributed by atoms with van der Waals surface area (Å²) in [7, 11) is 0. The molecule has 39 heavy (non-hydrogen) atoms. The maximum Gasteiger partial charge on any atom is 0.311 e. The molecular weight excluding hydrogens is 496 g/mol. The lowest BCUT2D eigenvalue weighted by Crippen LogP contribution is -2.44. The second-order valence-corrected chi connectivity index (χ2v) is 10.3. The van der Waals surface area contributed by atoms with Crippen LogP contribution in [0.5, 0.6) is 17.2 Å². The highest BCUT2D eigenvalue weighted by atomic mass is 16.6. The molecule has 202 valence electrons. The number of esters is 1. The molecule has 0 saturated carbocycles. The fraction of sp³-hybridized carbons (Fsp3) is 0.312. The highest BCUT2D eigenvalue weighted by Gasteiger charge is 2.43. The van der Waals surface area contributed by atoms with Crippen LogP contribution in [-0.2, 0) is 16.0 Å². The number of rotatable bonds is 6. The van der Waals surface area contributed by atoms with Crippen molar-refractivity contribution in [1.82, 2.24) is 0 Å². The first-order chi connectivity index (χ1) is 18.8. The van der Waals surface area contributed by atoms with Gasteiger partial charge in [-0.05, 0) is 48.8 Å². The SMILES string of the molecule is O=C1CCC[C@@H]2C[C@H](C[C@](O)(CCc3ccccc3)O2)c2c(cc(O)c(C(=O)C=Cc3ccccc3)c2O)O1. The standard InChI is InChI=1S/C32H32O7/c33-25(15-14-21-8-3-1-4-9-21)30-26(34)19-27-29(31(30)36)23-18-24(12-7-13-28(35)38-27)39-32(37,20-23)17-16-22-10-5-2-6-11-22/h1-6,8-11,14-15,19,23-24,34,36-37H,7,12-13,16-18,20H2/t23-,24-,32+/m1/s1. The van der Waals surface area contributed by atoms with Gasteiger partial charge in [0.2, 0.25) is 0 Å². The van der Waals surface area contributed by atoms with Crippen LogP contribution in [0.15, 0.2) is 72.8 Å². The molecule has 3 atom stereocenters. The number of fused-ring (bicyclic) bond motifs is 4. The average molecular weight is 529 g/mol. The summed E-state index contributed by atoms with van der Waals surface area (Å²) >= 11 is 0. The first-order valence-electron chi connectivity index (χ1n) is 13.3. The minimum absolute atomic E-state index is 0.00320. The van der Waals surface area contributed by atoms with E-state index >= 15 is 0 Å². The van der Waals surface area contributed by atoms with Crippen LogP contribution in [0.4, 0.5) is 0 Å². The molecule has 3 aromatic carbocycles. The Kier molecular flexibility index (Phi) is 7.82. The minimum atomic E-state index is -1.48. The Labute approximate surface area is 227 Å². The lowest BCUT2D eigenvalue weighted by atomic mass is 9.79. The van der Waals surface area contributed by atoms with E-state index in [2.05, 4.69) is 0 Å². The monoisotopic (exact) mass is 528 g/mol. The van der Waals surface area contributed by atoms with Gasteiger partial charge in [-0.1, -0.05) is 66.7 Å². The first-order valence-corrected chi connectivity index (χ1v) is 13.3. The van der Waals surface area contributed by atoms with Crippen LogP contribution in [-0.4, -0.2) is 39.0 Å². The minimum Gasteiger partial charge on any atom is -0.507 e. The smallest absolute Gasteiger partial charge is 0.311 e.